The second-order valence-electron chi connectivity index (χ2n) is 6.86. The van der Waals surface area contributed by atoms with E-state index < -0.39 is 6.04 Å². The summed E-state index contributed by atoms with van der Waals surface area (Å²) in [5.74, 6) is 1.60. The molecule has 2 N–H and O–H groups in total. The zero-order valence-electron chi connectivity index (χ0n) is 17.7. The summed E-state index contributed by atoms with van der Waals surface area (Å²) in [7, 11) is 3.20. The lowest BCUT2D eigenvalue weighted by Crippen LogP contribution is -2.31. The van der Waals surface area contributed by atoms with Gasteiger partial charge >= 0.3 is 0 Å². The predicted octanol–water partition coefficient (Wildman–Crippen LogP) is 3.94. The van der Waals surface area contributed by atoms with Gasteiger partial charge in [-0.3, -0.25) is 4.79 Å². The number of carbonyl (C=O) groups is 1. The van der Waals surface area contributed by atoms with Crippen LogP contribution in [0.3, 0.4) is 0 Å². The smallest absolute Gasteiger partial charge is 0.255 e. The number of methoxy groups -OCH3 is 2. The number of anilines is 2. The lowest BCUT2D eigenvalue weighted by atomic mass is 9.94. The Morgan fingerprint density at radius 2 is 1.94 bits per heavy atom. The Labute approximate surface area is 184 Å². The molecule has 2 heterocycles. The Hall–Kier alpha value is -3.46. The zero-order chi connectivity index (χ0) is 22.0. The third-order valence-electron chi connectivity index (χ3n) is 5.02. The SMILES string of the molecule is COc1ccc(OC)c([C@@H]2C(C(=O)Nc3ccccc3)=C(C)Nc3nc(SC)nn32)c1. The maximum atomic E-state index is 13.5. The molecule has 0 saturated heterocycles. The van der Waals surface area contributed by atoms with Gasteiger partial charge in [-0.05, 0) is 43.5 Å². The van der Waals surface area contributed by atoms with Crippen molar-refractivity contribution in [2.24, 2.45) is 0 Å². The van der Waals surface area contributed by atoms with Crippen LogP contribution in [0.15, 0.2) is 65.0 Å². The van der Waals surface area contributed by atoms with E-state index in [9.17, 15) is 4.79 Å². The van der Waals surface area contributed by atoms with Crippen molar-refractivity contribution in [1.29, 1.82) is 0 Å². The molecular formula is C22H23N5O3S. The molecule has 0 bridgehead atoms. The van der Waals surface area contributed by atoms with Gasteiger partial charge in [0.2, 0.25) is 11.1 Å². The summed E-state index contributed by atoms with van der Waals surface area (Å²) in [6.45, 7) is 1.86. The number of carbonyl (C=O) groups excluding carboxylic acids is 1. The van der Waals surface area contributed by atoms with Crippen LogP contribution in [0.1, 0.15) is 18.5 Å². The highest BCUT2D eigenvalue weighted by Gasteiger charge is 2.36. The highest BCUT2D eigenvalue weighted by atomic mass is 32.2. The first-order valence-electron chi connectivity index (χ1n) is 9.62. The number of nitrogens with zero attached hydrogens (tertiary/aromatic N) is 3. The molecule has 1 aromatic heterocycles. The summed E-state index contributed by atoms with van der Waals surface area (Å²) in [4.78, 5) is 18.0. The van der Waals surface area contributed by atoms with Gasteiger partial charge in [0.1, 0.15) is 17.5 Å². The van der Waals surface area contributed by atoms with Crippen LogP contribution in [0.4, 0.5) is 11.6 Å². The molecule has 8 nitrogen and oxygen atoms in total. The minimum absolute atomic E-state index is 0.238. The van der Waals surface area contributed by atoms with Crippen molar-refractivity contribution in [3.8, 4) is 11.5 Å². The van der Waals surface area contributed by atoms with Crippen LogP contribution in [0, 0.1) is 0 Å². The quantitative estimate of drug-likeness (QED) is 0.565. The van der Waals surface area contributed by atoms with Crippen LogP contribution < -0.4 is 20.1 Å². The Kier molecular flexibility index (Phi) is 5.85. The van der Waals surface area contributed by atoms with Gasteiger partial charge in [-0.2, -0.15) is 4.98 Å². The van der Waals surface area contributed by atoms with E-state index in [-0.39, 0.29) is 5.91 Å². The molecule has 2 aromatic carbocycles. The van der Waals surface area contributed by atoms with Crippen LogP contribution in [0.25, 0.3) is 0 Å². The molecule has 0 unspecified atom stereocenters. The van der Waals surface area contributed by atoms with Gasteiger partial charge in [-0.15, -0.1) is 5.10 Å². The number of nitrogens with one attached hydrogen (secondary N) is 2. The van der Waals surface area contributed by atoms with Gasteiger partial charge < -0.3 is 20.1 Å². The average molecular weight is 438 g/mol. The molecule has 9 heteroatoms. The molecule has 160 valence electrons. The van der Waals surface area contributed by atoms with E-state index >= 15 is 0 Å². The third kappa shape index (κ3) is 3.96. The molecule has 1 aliphatic heterocycles. The normalized spacial score (nSPS) is 15.2. The molecule has 1 aliphatic rings. The molecule has 1 amide bonds. The van der Waals surface area contributed by atoms with Gasteiger partial charge in [-0.25, -0.2) is 4.68 Å². The summed E-state index contributed by atoms with van der Waals surface area (Å²) in [5.41, 5.74) is 2.66. The first kappa shape index (κ1) is 20.8. The number of fused-ring (bicyclic) bond motifs is 1. The van der Waals surface area contributed by atoms with Crippen molar-refractivity contribution in [2.45, 2.75) is 18.1 Å². The predicted molar refractivity (Wildman–Crippen MR) is 121 cm³/mol. The molecule has 0 spiro atoms. The molecule has 0 radical (unpaired) electrons. The van der Waals surface area contributed by atoms with Crippen molar-refractivity contribution in [3.63, 3.8) is 0 Å². The number of ether oxygens (including phenoxy) is 2. The first-order valence-corrected chi connectivity index (χ1v) is 10.8. The molecular weight excluding hydrogens is 414 g/mol. The van der Waals surface area contributed by atoms with Gasteiger partial charge in [-0.1, -0.05) is 30.0 Å². The maximum absolute atomic E-state index is 13.5. The van der Waals surface area contributed by atoms with Gasteiger partial charge in [0.05, 0.1) is 19.8 Å². The molecule has 31 heavy (non-hydrogen) atoms. The average Bonchev–Trinajstić information content (AvgIpc) is 3.21. The minimum Gasteiger partial charge on any atom is -0.497 e. The van der Waals surface area contributed by atoms with Crippen LogP contribution in [0.2, 0.25) is 0 Å². The van der Waals surface area contributed by atoms with E-state index in [2.05, 4.69) is 20.7 Å². The lowest BCUT2D eigenvalue weighted by molar-refractivity contribution is -0.113. The van der Waals surface area contributed by atoms with Crippen LogP contribution in [-0.2, 0) is 4.79 Å². The van der Waals surface area contributed by atoms with Crippen molar-refractivity contribution in [2.75, 3.05) is 31.1 Å². The highest BCUT2D eigenvalue weighted by Crippen LogP contribution is 2.41. The van der Waals surface area contributed by atoms with E-state index in [0.29, 0.717) is 39.6 Å². The van der Waals surface area contributed by atoms with E-state index in [1.54, 1.807) is 18.9 Å². The summed E-state index contributed by atoms with van der Waals surface area (Å²) in [6, 6.07) is 14.3. The standard InChI is InChI=1S/C22H23N5O3S/c1-13-18(20(28)24-14-8-6-5-7-9-14)19(27-21(23-13)25-22(26-27)31-4)16-12-15(29-2)10-11-17(16)30-3/h5-12,19H,1-4H3,(H,24,28)(H,23,25,26)/t19-/m1/s1. The minimum atomic E-state index is -0.557. The second-order valence-corrected chi connectivity index (χ2v) is 7.63. The number of aromatic nitrogens is 3. The van der Waals surface area contributed by atoms with Gasteiger partial charge in [0.25, 0.3) is 5.91 Å². The zero-order valence-corrected chi connectivity index (χ0v) is 18.5. The summed E-state index contributed by atoms with van der Waals surface area (Å²) in [5, 5.41) is 11.4. The van der Waals surface area contributed by atoms with Crippen molar-refractivity contribution in [1.82, 2.24) is 14.8 Å². The maximum Gasteiger partial charge on any atom is 0.255 e. The number of amides is 1. The van der Waals surface area contributed by atoms with Gasteiger partial charge in [0, 0.05) is 16.9 Å². The number of rotatable bonds is 6. The first-order chi connectivity index (χ1) is 15.0. The fourth-order valence-electron chi connectivity index (χ4n) is 3.57. The fraction of sp³-hybridized carbons (Fsp3) is 0.227. The molecule has 0 saturated carbocycles. The fourth-order valence-corrected chi connectivity index (χ4v) is 3.92. The van der Waals surface area contributed by atoms with E-state index in [4.69, 9.17) is 9.47 Å². The third-order valence-corrected chi connectivity index (χ3v) is 5.56. The Bertz CT molecular complexity index is 1140. The number of hydrogen-bond acceptors (Lipinski definition) is 7. The van der Waals surface area contributed by atoms with Crippen LogP contribution in [0.5, 0.6) is 11.5 Å². The molecule has 1 atom stereocenters. The molecule has 0 fully saturated rings. The monoisotopic (exact) mass is 437 g/mol. The summed E-state index contributed by atoms with van der Waals surface area (Å²) < 4.78 is 12.8. The summed E-state index contributed by atoms with van der Waals surface area (Å²) in [6.07, 6.45) is 1.91. The number of allylic oxidation sites excluding steroid dienone is 1. The lowest BCUT2D eigenvalue weighted by Gasteiger charge is -2.29. The van der Waals surface area contributed by atoms with Gasteiger partial charge in [0.15, 0.2) is 0 Å². The number of hydrogen-bond donors (Lipinski definition) is 2. The highest BCUT2D eigenvalue weighted by molar-refractivity contribution is 7.98. The van der Waals surface area contributed by atoms with E-state index in [1.165, 1.54) is 11.8 Å². The summed E-state index contributed by atoms with van der Waals surface area (Å²) >= 11 is 1.43. The number of para-hydroxylation sites is 1. The van der Waals surface area contributed by atoms with Crippen molar-refractivity contribution >= 4 is 29.3 Å². The molecule has 0 aliphatic carbocycles. The van der Waals surface area contributed by atoms with Crippen molar-refractivity contribution in [3.05, 3.63) is 65.4 Å². The Morgan fingerprint density at radius 1 is 1.16 bits per heavy atom. The number of thioether (sulfide) groups is 1. The molecule has 4 rings (SSSR count). The molecule has 3 aromatic rings. The number of benzene rings is 2. The largest absolute Gasteiger partial charge is 0.497 e. The van der Waals surface area contributed by atoms with E-state index in [0.717, 1.165) is 5.56 Å². The second kappa shape index (κ2) is 8.73. The topological polar surface area (TPSA) is 90.3 Å². The van der Waals surface area contributed by atoms with Crippen LogP contribution in [-0.4, -0.2) is 41.1 Å². The Balaban J connectivity index is 1.87. The van der Waals surface area contributed by atoms with Crippen LogP contribution >= 0.6 is 11.8 Å². The van der Waals surface area contributed by atoms with Crippen molar-refractivity contribution < 1.29 is 14.3 Å². The van der Waals surface area contributed by atoms with E-state index in [1.807, 2.05) is 61.7 Å². The Morgan fingerprint density at radius 3 is 2.61 bits per heavy atom.